The Morgan fingerprint density at radius 1 is 1.59 bits per heavy atom. The summed E-state index contributed by atoms with van der Waals surface area (Å²) in [7, 11) is 1.62. The summed E-state index contributed by atoms with van der Waals surface area (Å²) >= 11 is 1.34. The number of aromatic carboxylic acids is 1. The van der Waals surface area contributed by atoms with Crippen molar-refractivity contribution in [2.24, 2.45) is 0 Å². The minimum atomic E-state index is -0.873. The van der Waals surface area contributed by atoms with E-state index in [9.17, 15) is 9.59 Å². The molecule has 1 amide bonds. The van der Waals surface area contributed by atoms with Gasteiger partial charge in [-0.2, -0.15) is 0 Å². The summed E-state index contributed by atoms with van der Waals surface area (Å²) in [5, 5.41) is 11.5. The smallest absolute Gasteiger partial charge is 0.345 e. The standard InChI is InChI=1S/C11H14N2O3S/c1-12-10(14)6-13-3-2-8-7(5-13)4-9(17-8)11(15)16/h4H,2-3,5-6H2,1H3,(H,12,14)(H,15,16). The first-order valence-electron chi connectivity index (χ1n) is 5.38. The number of carbonyl (C=O) groups is 2. The number of carboxylic acid groups (broad SMARTS) is 1. The van der Waals surface area contributed by atoms with Crippen molar-refractivity contribution in [1.82, 2.24) is 10.2 Å². The van der Waals surface area contributed by atoms with Gasteiger partial charge in [0.15, 0.2) is 0 Å². The molecule has 5 nitrogen and oxygen atoms in total. The van der Waals surface area contributed by atoms with Crippen molar-refractivity contribution >= 4 is 23.2 Å². The van der Waals surface area contributed by atoms with E-state index in [0.717, 1.165) is 23.4 Å². The second-order valence-electron chi connectivity index (χ2n) is 4.00. The highest BCUT2D eigenvalue weighted by atomic mass is 32.1. The number of carboxylic acids is 1. The Balaban J connectivity index is 2.08. The minimum Gasteiger partial charge on any atom is -0.477 e. The van der Waals surface area contributed by atoms with Gasteiger partial charge in [-0.1, -0.05) is 0 Å². The van der Waals surface area contributed by atoms with E-state index in [1.165, 1.54) is 11.3 Å². The van der Waals surface area contributed by atoms with Crippen molar-refractivity contribution in [3.8, 4) is 0 Å². The molecule has 1 aliphatic rings. The lowest BCUT2D eigenvalue weighted by Crippen LogP contribution is -2.38. The van der Waals surface area contributed by atoms with Crippen LogP contribution in [0.25, 0.3) is 0 Å². The number of hydrogen-bond acceptors (Lipinski definition) is 4. The summed E-state index contributed by atoms with van der Waals surface area (Å²) < 4.78 is 0. The lowest BCUT2D eigenvalue weighted by molar-refractivity contribution is -0.121. The van der Waals surface area contributed by atoms with Gasteiger partial charge >= 0.3 is 5.97 Å². The Morgan fingerprint density at radius 3 is 3.00 bits per heavy atom. The van der Waals surface area contributed by atoms with Gasteiger partial charge in [0.1, 0.15) is 4.88 Å². The molecular formula is C11H14N2O3S. The lowest BCUT2D eigenvalue weighted by Gasteiger charge is -2.25. The molecule has 0 atom stereocenters. The van der Waals surface area contributed by atoms with Gasteiger partial charge in [0.2, 0.25) is 5.91 Å². The third-order valence-electron chi connectivity index (χ3n) is 2.80. The monoisotopic (exact) mass is 254 g/mol. The molecule has 1 aromatic rings. The molecule has 0 saturated heterocycles. The van der Waals surface area contributed by atoms with Gasteiger partial charge in [0.05, 0.1) is 6.54 Å². The number of amides is 1. The summed E-state index contributed by atoms with van der Waals surface area (Å²) in [4.78, 5) is 25.7. The van der Waals surface area contributed by atoms with Crippen LogP contribution in [0.15, 0.2) is 6.07 Å². The zero-order valence-corrected chi connectivity index (χ0v) is 10.3. The number of fused-ring (bicyclic) bond motifs is 1. The molecular weight excluding hydrogens is 240 g/mol. The van der Waals surface area contributed by atoms with Crippen LogP contribution in [0.2, 0.25) is 0 Å². The van der Waals surface area contributed by atoms with E-state index < -0.39 is 5.97 Å². The first-order valence-corrected chi connectivity index (χ1v) is 6.19. The second-order valence-corrected chi connectivity index (χ2v) is 5.13. The molecule has 6 heteroatoms. The maximum Gasteiger partial charge on any atom is 0.345 e. The Hall–Kier alpha value is -1.40. The van der Waals surface area contributed by atoms with Crippen LogP contribution in [0.4, 0.5) is 0 Å². The van der Waals surface area contributed by atoms with Crippen molar-refractivity contribution in [1.29, 1.82) is 0 Å². The highest BCUT2D eigenvalue weighted by Crippen LogP contribution is 2.27. The average molecular weight is 254 g/mol. The molecule has 0 saturated carbocycles. The summed E-state index contributed by atoms with van der Waals surface area (Å²) in [6, 6.07) is 1.72. The van der Waals surface area contributed by atoms with E-state index in [4.69, 9.17) is 5.11 Å². The van der Waals surface area contributed by atoms with Gasteiger partial charge < -0.3 is 10.4 Å². The van der Waals surface area contributed by atoms with E-state index in [-0.39, 0.29) is 5.91 Å². The maximum absolute atomic E-state index is 11.3. The molecule has 1 aromatic heterocycles. The van der Waals surface area contributed by atoms with E-state index in [1.807, 2.05) is 4.90 Å². The van der Waals surface area contributed by atoms with Gasteiger partial charge in [0.25, 0.3) is 0 Å². The maximum atomic E-state index is 11.3. The van der Waals surface area contributed by atoms with Gasteiger partial charge in [-0.3, -0.25) is 9.69 Å². The van der Waals surface area contributed by atoms with Crippen LogP contribution in [0, 0.1) is 0 Å². The molecule has 0 aromatic carbocycles. The van der Waals surface area contributed by atoms with Crippen molar-refractivity contribution in [2.45, 2.75) is 13.0 Å². The van der Waals surface area contributed by atoms with Gasteiger partial charge in [0, 0.05) is 25.0 Å². The topological polar surface area (TPSA) is 69.6 Å². The van der Waals surface area contributed by atoms with Crippen LogP contribution >= 0.6 is 11.3 Å². The largest absolute Gasteiger partial charge is 0.477 e. The highest BCUT2D eigenvalue weighted by molar-refractivity contribution is 7.14. The molecule has 17 heavy (non-hydrogen) atoms. The quantitative estimate of drug-likeness (QED) is 0.826. The fourth-order valence-electron chi connectivity index (χ4n) is 1.91. The number of carbonyl (C=O) groups excluding carboxylic acids is 1. The summed E-state index contributed by atoms with van der Waals surface area (Å²) in [6.45, 7) is 1.83. The first-order chi connectivity index (χ1) is 8.10. The number of nitrogens with one attached hydrogen (secondary N) is 1. The van der Waals surface area contributed by atoms with Gasteiger partial charge in [-0.25, -0.2) is 4.79 Å². The van der Waals surface area contributed by atoms with E-state index in [1.54, 1.807) is 13.1 Å². The normalized spacial score (nSPS) is 15.4. The van der Waals surface area contributed by atoms with E-state index in [2.05, 4.69) is 5.32 Å². The van der Waals surface area contributed by atoms with Crippen LogP contribution in [0.5, 0.6) is 0 Å². The second kappa shape index (κ2) is 4.85. The zero-order valence-electron chi connectivity index (χ0n) is 9.52. The third kappa shape index (κ3) is 2.65. The molecule has 2 N–H and O–H groups in total. The molecule has 0 unspecified atom stereocenters. The molecule has 2 rings (SSSR count). The summed E-state index contributed by atoms with van der Waals surface area (Å²) in [5.41, 5.74) is 1.04. The van der Waals surface area contributed by atoms with E-state index in [0.29, 0.717) is 18.0 Å². The van der Waals surface area contributed by atoms with Crippen LogP contribution in [-0.4, -0.2) is 42.0 Å². The number of likely N-dealkylation sites (N-methyl/N-ethyl adjacent to an activating group) is 1. The average Bonchev–Trinajstić information content (AvgIpc) is 2.72. The number of nitrogens with zero attached hydrogens (tertiary/aromatic N) is 1. The van der Waals surface area contributed by atoms with Crippen LogP contribution in [0.1, 0.15) is 20.1 Å². The van der Waals surface area contributed by atoms with Crippen LogP contribution in [-0.2, 0) is 17.8 Å². The Kier molecular flexibility index (Phi) is 3.44. The van der Waals surface area contributed by atoms with E-state index >= 15 is 0 Å². The summed E-state index contributed by atoms with van der Waals surface area (Å²) in [5.74, 6) is -0.885. The predicted molar refractivity (Wildman–Crippen MR) is 64.3 cm³/mol. The molecule has 0 aliphatic carbocycles. The first kappa shape index (κ1) is 12.1. The summed E-state index contributed by atoms with van der Waals surface area (Å²) in [6.07, 6.45) is 0.824. The lowest BCUT2D eigenvalue weighted by atomic mass is 10.1. The molecule has 0 fully saturated rings. The number of hydrogen-bond donors (Lipinski definition) is 2. The van der Waals surface area contributed by atoms with Crippen molar-refractivity contribution in [3.05, 3.63) is 21.4 Å². The van der Waals surface area contributed by atoms with Crippen molar-refractivity contribution in [3.63, 3.8) is 0 Å². The Bertz CT molecular complexity index is 456. The minimum absolute atomic E-state index is 0.0119. The fraction of sp³-hybridized carbons (Fsp3) is 0.455. The molecule has 0 spiro atoms. The molecule has 0 radical (unpaired) electrons. The van der Waals surface area contributed by atoms with Crippen LogP contribution in [0.3, 0.4) is 0 Å². The number of thiophene rings is 1. The Labute approximate surface area is 103 Å². The molecule has 1 aliphatic heterocycles. The van der Waals surface area contributed by atoms with Gasteiger partial charge in [-0.15, -0.1) is 11.3 Å². The van der Waals surface area contributed by atoms with Crippen molar-refractivity contribution in [2.75, 3.05) is 20.1 Å². The molecule has 0 bridgehead atoms. The van der Waals surface area contributed by atoms with Crippen LogP contribution < -0.4 is 5.32 Å². The highest BCUT2D eigenvalue weighted by Gasteiger charge is 2.22. The predicted octanol–water partition coefficient (Wildman–Crippen LogP) is 0.550. The number of rotatable bonds is 3. The fourth-order valence-corrected chi connectivity index (χ4v) is 2.92. The Morgan fingerprint density at radius 2 is 2.35 bits per heavy atom. The van der Waals surface area contributed by atoms with Gasteiger partial charge in [-0.05, 0) is 18.1 Å². The third-order valence-corrected chi connectivity index (χ3v) is 4.03. The molecule has 2 heterocycles. The van der Waals surface area contributed by atoms with Crippen molar-refractivity contribution < 1.29 is 14.7 Å². The SMILES string of the molecule is CNC(=O)CN1CCc2sc(C(=O)O)cc2C1. The zero-order chi connectivity index (χ0) is 12.4. The molecule has 92 valence electrons.